The van der Waals surface area contributed by atoms with Crippen LogP contribution in [0.5, 0.6) is 0 Å². The molecule has 3 rings (SSSR count). The first-order valence-electron chi connectivity index (χ1n) is 7.16. The first kappa shape index (κ1) is 16.5. The second-order valence-electron chi connectivity index (χ2n) is 5.24. The van der Waals surface area contributed by atoms with Crippen LogP contribution in [0, 0.1) is 5.92 Å². The van der Waals surface area contributed by atoms with Crippen LogP contribution < -0.4 is 10.9 Å². The van der Waals surface area contributed by atoms with E-state index in [1.54, 1.807) is 11.0 Å². The zero-order valence-electron chi connectivity index (χ0n) is 12.3. The maximum Gasteiger partial charge on any atom is 0.258 e. The lowest BCUT2D eigenvalue weighted by atomic mass is 10.0. The molecule has 1 saturated heterocycles. The van der Waals surface area contributed by atoms with Crippen molar-refractivity contribution in [3.8, 4) is 0 Å². The Morgan fingerprint density at radius 2 is 2.09 bits per heavy atom. The SMILES string of the molecule is CCN(Cc1nc2ccccc2c(=O)[nH]1)C(=O)C1CNC1.Cl. The molecule has 7 heteroatoms. The molecule has 2 N–H and O–H groups in total. The monoisotopic (exact) mass is 322 g/mol. The quantitative estimate of drug-likeness (QED) is 0.877. The minimum atomic E-state index is -0.163. The number of hydrogen-bond donors (Lipinski definition) is 2. The topological polar surface area (TPSA) is 78.1 Å². The van der Waals surface area contributed by atoms with E-state index in [0.29, 0.717) is 29.8 Å². The lowest BCUT2D eigenvalue weighted by Crippen LogP contribution is -2.51. The van der Waals surface area contributed by atoms with Gasteiger partial charge in [-0.1, -0.05) is 12.1 Å². The molecule has 2 heterocycles. The molecule has 1 aromatic heterocycles. The summed E-state index contributed by atoms with van der Waals surface area (Å²) in [5, 5.41) is 3.67. The standard InChI is InChI=1S/C15H18N4O2.ClH/c1-2-19(15(21)10-7-16-8-10)9-13-17-12-6-4-3-5-11(12)14(20)18-13;/h3-6,10,16H,2,7-9H2,1H3,(H,17,18,20);1H. The third-order valence-electron chi connectivity index (χ3n) is 3.83. The number of aromatic nitrogens is 2. The molecule has 0 radical (unpaired) electrons. The Labute approximate surface area is 134 Å². The van der Waals surface area contributed by atoms with Crippen LogP contribution in [0.15, 0.2) is 29.1 Å². The highest BCUT2D eigenvalue weighted by molar-refractivity contribution is 5.85. The number of para-hydroxylation sites is 1. The highest BCUT2D eigenvalue weighted by atomic mass is 35.5. The Morgan fingerprint density at radius 1 is 1.36 bits per heavy atom. The first-order valence-corrected chi connectivity index (χ1v) is 7.16. The third-order valence-corrected chi connectivity index (χ3v) is 3.83. The number of carbonyl (C=O) groups excluding carboxylic acids is 1. The maximum absolute atomic E-state index is 12.3. The van der Waals surface area contributed by atoms with Crippen molar-refractivity contribution in [1.29, 1.82) is 0 Å². The molecule has 1 fully saturated rings. The molecular formula is C15H19ClN4O2. The smallest absolute Gasteiger partial charge is 0.258 e. The molecule has 1 amide bonds. The van der Waals surface area contributed by atoms with Gasteiger partial charge in [0.25, 0.3) is 5.56 Å². The fraction of sp³-hybridized carbons (Fsp3) is 0.400. The number of benzene rings is 1. The zero-order valence-corrected chi connectivity index (χ0v) is 13.2. The second-order valence-corrected chi connectivity index (χ2v) is 5.24. The molecule has 1 aliphatic rings. The number of aromatic amines is 1. The van der Waals surface area contributed by atoms with Gasteiger partial charge in [0, 0.05) is 19.6 Å². The average Bonchev–Trinajstić information content (AvgIpc) is 2.43. The number of nitrogens with one attached hydrogen (secondary N) is 2. The van der Waals surface area contributed by atoms with E-state index in [9.17, 15) is 9.59 Å². The minimum absolute atomic E-state index is 0. The van der Waals surface area contributed by atoms with Gasteiger partial charge in [-0.3, -0.25) is 9.59 Å². The lowest BCUT2D eigenvalue weighted by molar-refractivity contribution is -0.137. The van der Waals surface area contributed by atoms with E-state index in [-0.39, 0.29) is 29.8 Å². The Hall–Kier alpha value is -1.92. The van der Waals surface area contributed by atoms with Crippen molar-refractivity contribution in [2.45, 2.75) is 13.5 Å². The Bertz CT molecular complexity index is 727. The van der Waals surface area contributed by atoms with Crippen molar-refractivity contribution < 1.29 is 4.79 Å². The van der Waals surface area contributed by atoms with Crippen LogP contribution >= 0.6 is 12.4 Å². The van der Waals surface area contributed by atoms with Gasteiger partial charge in [0.2, 0.25) is 5.91 Å². The van der Waals surface area contributed by atoms with E-state index >= 15 is 0 Å². The molecule has 2 aromatic rings. The summed E-state index contributed by atoms with van der Waals surface area (Å²) >= 11 is 0. The van der Waals surface area contributed by atoms with E-state index in [2.05, 4.69) is 15.3 Å². The first-order chi connectivity index (χ1) is 10.2. The molecule has 0 bridgehead atoms. The van der Waals surface area contributed by atoms with Crippen LogP contribution in [0.1, 0.15) is 12.7 Å². The number of rotatable bonds is 4. The Morgan fingerprint density at radius 3 is 2.73 bits per heavy atom. The lowest BCUT2D eigenvalue weighted by Gasteiger charge is -2.31. The molecule has 0 spiro atoms. The van der Waals surface area contributed by atoms with Crippen LogP contribution in [-0.2, 0) is 11.3 Å². The summed E-state index contributed by atoms with van der Waals surface area (Å²) < 4.78 is 0. The predicted octanol–water partition coefficient (Wildman–Crippen LogP) is 0.913. The van der Waals surface area contributed by atoms with Crippen molar-refractivity contribution in [1.82, 2.24) is 20.2 Å². The van der Waals surface area contributed by atoms with Crippen LogP contribution in [0.3, 0.4) is 0 Å². The van der Waals surface area contributed by atoms with Crippen molar-refractivity contribution in [2.75, 3.05) is 19.6 Å². The van der Waals surface area contributed by atoms with Gasteiger partial charge >= 0.3 is 0 Å². The van der Waals surface area contributed by atoms with Gasteiger partial charge in [0.05, 0.1) is 23.4 Å². The molecule has 1 aromatic carbocycles. The van der Waals surface area contributed by atoms with Gasteiger partial charge < -0.3 is 15.2 Å². The van der Waals surface area contributed by atoms with Crippen LogP contribution in [-0.4, -0.2) is 40.4 Å². The average molecular weight is 323 g/mol. The van der Waals surface area contributed by atoms with E-state index in [1.165, 1.54) is 0 Å². The van der Waals surface area contributed by atoms with Gasteiger partial charge in [0.15, 0.2) is 0 Å². The van der Waals surface area contributed by atoms with Gasteiger partial charge in [-0.25, -0.2) is 4.98 Å². The number of hydrogen-bond acceptors (Lipinski definition) is 4. The van der Waals surface area contributed by atoms with Crippen LogP contribution in [0.25, 0.3) is 10.9 Å². The van der Waals surface area contributed by atoms with Crippen LogP contribution in [0.2, 0.25) is 0 Å². The predicted molar refractivity (Wildman–Crippen MR) is 87.1 cm³/mol. The molecule has 0 unspecified atom stereocenters. The van der Waals surface area contributed by atoms with Crippen molar-refractivity contribution in [3.63, 3.8) is 0 Å². The summed E-state index contributed by atoms with van der Waals surface area (Å²) in [6, 6.07) is 7.21. The molecule has 0 atom stereocenters. The largest absolute Gasteiger partial charge is 0.335 e. The Kier molecular flexibility index (Phi) is 5.15. The molecule has 0 saturated carbocycles. The van der Waals surface area contributed by atoms with E-state index in [4.69, 9.17) is 0 Å². The minimum Gasteiger partial charge on any atom is -0.335 e. The molecule has 0 aliphatic carbocycles. The highest BCUT2D eigenvalue weighted by Gasteiger charge is 2.28. The van der Waals surface area contributed by atoms with Crippen molar-refractivity contribution in [2.24, 2.45) is 5.92 Å². The van der Waals surface area contributed by atoms with Gasteiger partial charge in [0.1, 0.15) is 5.82 Å². The summed E-state index contributed by atoms with van der Waals surface area (Å²) in [6.45, 7) is 4.34. The summed E-state index contributed by atoms with van der Waals surface area (Å²) in [5.41, 5.74) is 0.495. The highest BCUT2D eigenvalue weighted by Crippen LogP contribution is 2.11. The van der Waals surface area contributed by atoms with Gasteiger partial charge in [-0.05, 0) is 19.1 Å². The molecule has 6 nitrogen and oxygen atoms in total. The van der Waals surface area contributed by atoms with E-state index in [0.717, 1.165) is 13.1 Å². The Balaban J connectivity index is 0.00000176. The number of nitrogens with zero attached hydrogens (tertiary/aromatic N) is 2. The second kappa shape index (κ2) is 6.89. The number of H-pyrrole nitrogens is 1. The number of carbonyl (C=O) groups is 1. The summed E-state index contributed by atoms with van der Waals surface area (Å²) in [4.78, 5) is 33.3. The zero-order chi connectivity index (χ0) is 14.8. The molecule has 22 heavy (non-hydrogen) atoms. The normalized spacial score (nSPS) is 14.2. The summed E-state index contributed by atoms with van der Waals surface area (Å²) in [5.74, 6) is 0.699. The van der Waals surface area contributed by atoms with E-state index in [1.807, 2.05) is 25.1 Å². The molecular weight excluding hydrogens is 304 g/mol. The molecule has 118 valence electrons. The third kappa shape index (κ3) is 3.13. The summed E-state index contributed by atoms with van der Waals surface area (Å²) in [6.07, 6.45) is 0. The molecule has 1 aliphatic heterocycles. The summed E-state index contributed by atoms with van der Waals surface area (Å²) in [7, 11) is 0. The van der Waals surface area contributed by atoms with Crippen LogP contribution in [0.4, 0.5) is 0 Å². The van der Waals surface area contributed by atoms with E-state index < -0.39 is 0 Å². The fourth-order valence-electron chi connectivity index (χ4n) is 2.46. The fourth-order valence-corrected chi connectivity index (χ4v) is 2.46. The van der Waals surface area contributed by atoms with Gasteiger partial charge in [-0.2, -0.15) is 0 Å². The number of fused-ring (bicyclic) bond motifs is 1. The maximum atomic E-state index is 12.3. The van der Waals surface area contributed by atoms with Crippen molar-refractivity contribution in [3.05, 3.63) is 40.4 Å². The van der Waals surface area contributed by atoms with Gasteiger partial charge in [-0.15, -0.1) is 12.4 Å². The number of halogens is 1. The number of amides is 1. The van der Waals surface area contributed by atoms with Crippen molar-refractivity contribution >= 4 is 29.2 Å².